The Morgan fingerprint density at radius 3 is 2.36 bits per heavy atom. The van der Waals surface area contributed by atoms with Gasteiger partial charge in [0.1, 0.15) is 6.10 Å². The number of carbonyl (C=O) groups excluding carboxylic acids is 1. The van der Waals surface area contributed by atoms with Gasteiger partial charge in [-0.25, -0.2) is 4.79 Å². The van der Waals surface area contributed by atoms with E-state index in [1.807, 2.05) is 6.92 Å². The van der Waals surface area contributed by atoms with Crippen molar-refractivity contribution in [2.75, 3.05) is 5.75 Å². The van der Waals surface area contributed by atoms with Crippen molar-refractivity contribution in [3.8, 4) is 0 Å². The van der Waals surface area contributed by atoms with Gasteiger partial charge in [0.25, 0.3) is 0 Å². The second-order valence-corrected chi connectivity index (χ2v) is 6.27. The molecule has 0 N–H and O–H groups in total. The van der Waals surface area contributed by atoms with E-state index in [0.29, 0.717) is 5.57 Å². The number of rotatable bonds is 4. The highest BCUT2D eigenvalue weighted by Crippen LogP contribution is 2.24. The van der Waals surface area contributed by atoms with Gasteiger partial charge in [-0.15, -0.1) is 0 Å². The topological polar surface area (TPSA) is 26.3 Å². The fourth-order valence-corrected chi connectivity index (χ4v) is 1.49. The van der Waals surface area contributed by atoms with Crippen molar-refractivity contribution in [3.63, 3.8) is 0 Å². The number of carbonyl (C=O) groups is 1. The average Bonchev–Trinajstić information content (AvgIpc) is 1.99. The van der Waals surface area contributed by atoms with Crippen LogP contribution in [-0.4, -0.2) is 22.6 Å². The van der Waals surface area contributed by atoms with Gasteiger partial charge in [0.15, 0.2) is 0 Å². The lowest BCUT2D eigenvalue weighted by atomic mass is 10.3. The van der Waals surface area contributed by atoms with E-state index in [9.17, 15) is 4.79 Å². The van der Waals surface area contributed by atoms with Crippen LogP contribution in [0.2, 0.25) is 0 Å². The van der Waals surface area contributed by atoms with Gasteiger partial charge in [-0.05, 0) is 13.8 Å². The number of hydrogen-bond acceptors (Lipinski definition) is 3. The van der Waals surface area contributed by atoms with Crippen molar-refractivity contribution in [3.05, 3.63) is 12.2 Å². The molecule has 0 saturated carbocycles. The molecule has 14 heavy (non-hydrogen) atoms. The van der Waals surface area contributed by atoms with Crippen LogP contribution in [-0.2, 0) is 9.53 Å². The van der Waals surface area contributed by atoms with Gasteiger partial charge in [0.05, 0.1) is 0 Å². The van der Waals surface area contributed by atoms with E-state index in [1.54, 1.807) is 18.7 Å². The smallest absolute Gasteiger partial charge is 0.333 e. The molecular formula is C11H20O2S. The van der Waals surface area contributed by atoms with Gasteiger partial charge in [-0.1, -0.05) is 27.4 Å². The summed E-state index contributed by atoms with van der Waals surface area (Å²) in [5, 5.41) is 0. The summed E-state index contributed by atoms with van der Waals surface area (Å²) in [6.07, 6.45) is -0.0524. The molecule has 0 aliphatic heterocycles. The Morgan fingerprint density at radius 2 is 2.00 bits per heavy atom. The minimum Gasteiger partial charge on any atom is -0.458 e. The van der Waals surface area contributed by atoms with Crippen LogP contribution in [0.4, 0.5) is 0 Å². The fraction of sp³-hybridized carbons (Fsp3) is 0.727. The molecule has 0 aliphatic carbocycles. The normalized spacial score (nSPS) is 13.5. The molecule has 0 radical (unpaired) electrons. The Balaban J connectivity index is 3.82. The van der Waals surface area contributed by atoms with Crippen LogP contribution >= 0.6 is 11.8 Å². The zero-order valence-corrected chi connectivity index (χ0v) is 10.5. The van der Waals surface area contributed by atoms with Crippen molar-refractivity contribution in [2.24, 2.45) is 0 Å². The molecule has 0 aromatic carbocycles. The molecule has 0 bridgehead atoms. The van der Waals surface area contributed by atoms with Gasteiger partial charge < -0.3 is 4.74 Å². The molecule has 0 aromatic rings. The quantitative estimate of drug-likeness (QED) is 0.534. The molecule has 82 valence electrons. The average molecular weight is 216 g/mol. The van der Waals surface area contributed by atoms with Crippen LogP contribution in [0.1, 0.15) is 34.6 Å². The molecule has 0 amide bonds. The molecule has 0 rings (SSSR count). The van der Waals surface area contributed by atoms with Crippen LogP contribution in [0.25, 0.3) is 0 Å². The van der Waals surface area contributed by atoms with Crippen molar-refractivity contribution in [1.29, 1.82) is 0 Å². The highest BCUT2D eigenvalue weighted by atomic mass is 32.2. The van der Waals surface area contributed by atoms with Gasteiger partial charge in [-0.2, -0.15) is 11.8 Å². The van der Waals surface area contributed by atoms with E-state index in [0.717, 1.165) is 5.75 Å². The highest BCUT2D eigenvalue weighted by molar-refractivity contribution is 8.00. The summed E-state index contributed by atoms with van der Waals surface area (Å²) >= 11 is 1.79. The molecule has 0 saturated heterocycles. The van der Waals surface area contributed by atoms with Crippen LogP contribution in [0.3, 0.4) is 0 Å². The third kappa shape index (κ3) is 7.01. The van der Waals surface area contributed by atoms with E-state index >= 15 is 0 Å². The first-order valence-corrected chi connectivity index (χ1v) is 5.71. The molecule has 2 nitrogen and oxygen atoms in total. The van der Waals surface area contributed by atoms with Crippen molar-refractivity contribution >= 4 is 17.7 Å². The van der Waals surface area contributed by atoms with E-state index in [4.69, 9.17) is 4.74 Å². The van der Waals surface area contributed by atoms with E-state index < -0.39 is 0 Å². The molecular weight excluding hydrogens is 196 g/mol. The summed E-state index contributed by atoms with van der Waals surface area (Å²) in [5.41, 5.74) is 0.456. The van der Waals surface area contributed by atoms with Crippen LogP contribution < -0.4 is 0 Å². The third-order valence-electron chi connectivity index (χ3n) is 1.41. The summed E-state index contributed by atoms with van der Waals surface area (Å²) in [6.45, 7) is 13.5. The summed E-state index contributed by atoms with van der Waals surface area (Å²) in [7, 11) is 0. The Bertz CT molecular complexity index is 216. The SMILES string of the molecule is C=C(C)C(=O)OC(C)CSC(C)(C)C. The van der Waals surface area contributed by atoms with Crippen molar-refractivity contribution in [1.82, 2.24) is 0 Å². The summed E-state index contributed by atoms with van der Waals surface area (Å²) in [5.74, 6) is 0.523. The van der Waals surface area contributed by atoms with Gasteiger partial charge in [0.2, 0.25) is 0 Å². The minimum absolute atomic E-state index is 0.0524. The molecule has 0 aromatic heterocycles. The summed E-state index contributed by atoms with van der Waals surface area (Å²) < 4.78 is 5.36. The van der Waals surface area contributed by atoms with Crippen molar-refractivity contribution in [2.45, 2.75) is 45.5 Å². The Kier molecular flexibility index (Phi) is 5.27. The lowest BCUT2D eigenvalue weighted by Gasteiger charge is -2.20. The second kappa shape index (κ2) is 5.44. The maximum Gasteiger partial charge on any atom is 0.333 e. The predicted molar refractivity (Wildman–Crippen MR) is 62.6 cm³/mol. The molecule has 0 heterocycles. The van der Waals surface area contributed by atoms with Crippen LogP contribution in [0.5, 0.6) is 0 Å². The Hall–Kier alpha value is -0.440. The maximum absolute atomic E-state index is 11.1. The first kappa shape index (κ1) is 13.6. The first-order chi connectivity index (χ1) is 6.22. The van der Waals surface area contributed by atoms with E-state index in [2.05, 4.69) is 27.4 Å². The summed E-state index contributed by atoms with van der Waals surface area (Å²) in [4.78, 5) is 11.1. The van der Waals surface area contributed by atoms with E-state index in [1.165, 1.54) is 0 Å². The highest BCUT2D eigenvalue weighted by Gasteiger charge is 2.15. The molecule has 1 atom stereocenters. The number of hydrogen-bond donors (Lipinski definition) is 0. The molecule has 0 spiro atoms. The zero-order valence-electron chi connectivity index (χ0n) is 9.72. The number of esters is 1. The number of ether oxygens (including phenoxy) is 1. The molecule has 0 fully saturated rings. The Labute approximate surface area is 91.1 Å². The lowest BCUT2D eigenvalue weighted by molar-refractivity contribution is -0.142. The molecule has 0 aliphatic rings. The fourth-order valence-electron chi connectivity index (χ4n) is 0.685. The van der Waals surface area contributed by atoms with Gasteiger partial charge >= 0.3 is 5.97 Å². The van der Waals surface area contributed by atoms with Gasteiger partial charge in [-0.3, -0.25) is 0 Å². The largest absolute Gasteiger partial charge is 0.458 e. The summed E-state index contributed by atoms with van der Waals surface area (Å²) in [6, 6.07) is 0. The standard InChI is InChI=1S/C11H20O2S/c1-8(2)10(12)13-9(3)7-14-11(4,5)6/h9H,1,7H2,2-6H3. The first-order valence-electron chi connectivity index (χ1n) is 4.73. The van der Waals surface area contributed by atoms with Crippen LogP contribution in [0, 0.1) is 0 Å². The van der Waals surface area contributed by atoms with Crippen LogP contribution in [0.15, 0.2) is 12.2 Å². The zero-order chi connectivity index (χ0) is 11.4. The number of thioether (sulfide) groups is 1. The molecule has 1 unspecified atom stereocenters. The van der Waals surface area contributed by atoms with Crippen molar-refractivity contribution < 1.29 is 9.53 Å². The van der Waals surface area contributed by atoms with E-state index in [-0.39, 0.29) is 16.8 Å². The predicted octanol–water partition coefficient (Wildman–Crippen LogP) is 3.03. The maximum atomic E-state index is 11.1. The lowest BCUT2D eigenvalue weighted by Crippen LogP contribution is -2.20. The minimum atomic E-state index is -0.299. The molecule has 3 heteroatoms. The third-order valence-corrected chi connectivity index (χ3v) is 2.91. The van der Waals surface area contributed by atoms with Gasteiger partial charge in [0, 0.05) is 16.1 Å². The second-order valence-electron chi connectivity index (χ2n) is 4.42. The monoisotopic (exact) mass is 216 g/mol. The Morgan fingerprint density at radius 1 is 1.50 bits per heavy atom.